The second kappa shape index (κ2) is 2.26. The summed E-state index contributed by atoms with van der Waals surface area (Å²) in [4.78, 5) is 20.5. The molecule has 0 bridgehead atoms. The first-order chi connectivity index (χ1) is 4.20. The Balaban J connectivity index is 2.48. The number of nitrogens with one attached hydrogen (secondary N) is 1. The maximum atomic E-state index is 10.4. The van der Waals surface area contributed by atoms with Crippen LogP contribution in [0.4, 0.5) is 0 Å². The zero-order valence-corrected chi connectivity index (χ0v) is 5.27. The maximum absolute atomic E-state index is 10.4. The number of carbonyl (C=O) groups excluding carboxylic acids is 1. The smallest absolute Gasteiger partial charge is 0.336 e. The third kappa shape index (κ3) is 1.35. The fourth-order valence-corrected chi connectivity index (χ4v) is 1.28. The highest BCUT2D eigenvalue weighted by atomic mass is 32.2. The summed E-state index contributed by atoms with van der Waals surface area (Å²) in [5.41, 5.74) is 0. The number of thioether (sulfide) groups is 1. The summed E-state index contributed by atoms with van der Waals surface area (Å²) in [7, 11) is 0. The van der Waals surface area contributed by atoms with Crippen molar-refractivity contribution in [2.75, 3.05) is 5.75 Å². The van der Waals surface area contributed by atoms with E-state index in [4.69, 9.17) is 5.11 Å². The van der Waals surface area contributed by atoms with Gasteiger partial charge in [-0.15, -0.1) is 11.8 Å². The van der Waals surface area contributed by atoms with E-state index in [0.717, 1.165) is 11.8 Å². The van der Waals surface area contributed by atoms with Gasteiger partial charge in [-0.25, -0.2) is 4.79 Å². The van der Waals surface area contributed by atoms with E-state index in [1.165, 1.54) is 0 Å². The average molecular weight is 147 g/mol. The molecule has 0 radical (unpaired) electrons. The molecule has 5 heteroatoms. The van der Waals surface area contributed by atoms with Crippen molar-refractivity contribution in [3.8, 4) is 0 Å². The summed E-state index contributed by atoms with van der Waals surface area (Å²) in [6, 6.07) is 0. The fourth-order valence-electron chi connectivity index (χ4n) is 0.522. The minimum absolute atomic E-state index is 0.201. The number of carboxylic acid groups (broad SMARTS) is 1. The van der Waals surface area contributed by atoms with Crippen molar-refractivity contribution in [1.29, 1.82) is 0 Å². The van der Waals surface area contributed by atoms with Crippen molar-refractivity contribution >= 4 is 23.6 Å². The van der Waals surface area contributed by atoms with Gasteiger partial charge in [0.15, 0.2) is 5.37 Å². The molecule has 1 aliphatic heterocycles. The van der Waals surface area contributed by atoms with Crippen LogP contribution in [0.3, 0.4) is 0 Å². The second-order valence-electron chi connectivity index (χ2n) is 1.60. The van der Waals surface area contributed by atoms with Gasteiger partial charge >= 0.3 is 5.97 Å². The van der Waals surface area contributed by atoms with Gasteiger partial charge in [0.2, 0.25) is 5.91 Å². The van der Waals surface area contributed by atoms with E-state index in [-0.39, 0.29) is 11.7 Å². The number of rotatable bonds is 1. The summed E-state index contributed by atoms with van der Waals surface area (Å²) in [5, 5.41) is 9.85. The second-order valence-corrected chi connectivity index (χ2v) is 2.69. The molecule has 0 aromatic heterocycles. The van der Waals surface area contributed by atoms with Gasteiger partial charge in [0.25, 0.3) is 0 Å². The van der Waals surface area contributed by atoms with Crippen LogP contribution in [0.5, 0.6) is 0 Å². The van der Waals surface area contributed by atoms with Gasteiger partial charge in [-0.2, -0.15) is 0 Å². The number of carbonyl (C=O) groups is 2. The van der Waals surface area contributed by atoms with E-state index in [9.17, 15) is 9.59 Å². The lowest BCUT2D eigenvalue weighted by Gasteiger charge is -1.98. The van der Waals surface area contributed by atoms with Crippen LogP contribution in [0.1, 0.15) is 0 Å². The van der Waals surface area contributed by atoms with E-state index in [1.807, 2.05) is 0 Å². The van der Waals surface area contributed by atoms with E-state index < -0.39 is 11.3 Å². The fraction of sp³-hybridized carbons (Fsp3) is 0.500. The van der Waals surface area contributed by atoms with Crippen LogP contribution in [-0.2, 0) is 9.59 Å². The third-order valence-electron chi connectivity index (χ3n) is 0.897. The van der Waals surface area contributed by atoms with Crippen LogP contribution in [0.25, 0.3) is 0 Å². The van der Waals surface area contributed by atoms with E-state index in [2.05, 4.69) is 5.32 Å². The van der Waals surface area contributed by atoms with Crippen molar-refractivity contribution in [2.24, 2.45) is 0 Å². The number of hydrogen-bond acceptors (Lipinski definition) is 3. The monoisotopic (exact) mass is 147 g/mol. The van der Waals surface area contributed by atoms with Crippen LogP contribution >= 0.6 is 11.8 Å². The van der Waals surface area contributed by atoms with Gasteiger partial charge in [-0.05, 0) is 0 Å². The average Bonchev–Trinajstić information content (AvgIpc) is 2.14. The molecular formula is C4H5NO3S. The van der Waals surface area contributed by atoms with Crippen molar-refractivity contribution in [3.05, 3.63) is 0 Å². The molecule has 1 saturated heterocycles. The van der Waals surface area contributed by atoms with Crippen LogP contribution in [0.2, 0.25) is 0 Å². The molecule has 2 N–H and O–H groups in total. The van der Waals surface area contributed by atoms with E-state index in [1.54, 1.807) is 0 Å². The van der Waals surface area contributed by atoms with Crippen LogP contribution < -0.4 is 5.32 Å². The van der Waals surface area contributed by atoms with E-state index >= 15 is 0 Å². The molecule has 0 aromatic rings. The Morgan fingerprint density at radius 1 is 1.89 bits per heavy atom. The zero-order chi connectivity index (χ0) is 6.85. The first-order valence-corrected chi connectivity index (χ1v) is 3.39. The molecule has 9 heavy (non-hydrogen) atoms. The Bertz CT molecular complexity index is 158. The summed E-state index contributed by atoms with van der Waals surface area (Å²) < 4.78 is 0. The predicted molar refractivity (Wildman–Crippen MR) is 32.0 cm³/mol. The molecular weight excluding hydrogens is 142 g/mol. The van der Waals surface area contributed by atoms with Gasteiger partial charge in [0.1, 0.15) is 0 Å². The molecule has 0 spiro atoms. The summed E-state index contributed by atoms with van der Waals surface area (Å²) >= 11 is 1.10. The molecule has 1 fully saturated rings. The number of amides is 1. The molecule has 1 atom stereocenters. The first-order valence-electron chi connectivity index (χ1n) is 2.34. The lowest BCUT2D eigenvalue weighted by atomic mass is 10.6. The summed E-state index contributed by atoms with van der Waals surface area (Å²) in [6.07, 6.45) is 0. The van der Waals surface area contributed by atoms with Gasteiger partial charge in [-0.1, -0.05) is 0 Å². The molecule has 0 aliphatic carbocycles. The van der Waals surface area contributed by atoms with Gasteiger partial charge < -0.3 is 10.4 Å². The molecule has 1 aliphatic rings. The molecule has 1 heterocycles. The van der Waals surface area contributed by atoms with Crippen LogP contribution in [0.15, 0.2) is 0 Å². The quantitative estimate of drug-likeness (QED) is 0.512. The van der Waals surface area contributed by atoms with Crippen molar-refractivity contribution in [1.82, 2.24) is 5.32 Å². The molecule has 0 unspecified atom stereocenters. The number of carboxylic acids is 1. The Morgan fingerprint density at radius 3 is 2.78 bits per heavy atom. The Morgan fingerprint density at radius 2 is 2.56 bits per heavy atom. The zero-order valence-electron chi connectivity index (χ0n) is 4.46. The third-order valence-corrected chi connectivity index (χ3v) is 1.98. The highest BCUT2D eigenvalue weighted by Gasteiger charge is 2.26. The SMILES string of the molecule is O=C1CS[C@H](C(=O)O)N1. The van der Waals surface area contributed by atoms with Crippen LogP contribution in [0, 0.1) is 0 Å². The maximum Gasteiger partial charge on any atom is 0.336 e. The van der Waals surface area contributed by atoms with Crippen LogP contribution in [-0.4, -0.2) is 28.1 Å². The van der Waals surface area contributed by atoms with Crippen molar-refractivity contribution < 1.29 is 14.7 Å². The Hall–Kier alpha value is -0.710. The van der Waals surface area contributed by atoms with Gasteiger partial charge in [0, 0.05) is 0 Å². The normalized spacial score (nSPS) is 25.8. The van der Waals surface area contributed by atoms with E-state index in [0.29, 0.717) is 0 Å². The minimum Gasteiger partial charge on any atom is -0.479 e. The lowest BCUT2D eigenvalue weighted by Crippen LogP contribution is -2.31. The molecule has 4 nitrogen and oxygen atoms in total. The largest absolute Gasteiger partial charge is 0.479 e. The molecule has 0 aromatic carbocycles. The van der Waals surface area contributed by atoms with Crippen molar-refractivity contribution in [3.63, 3.8) is 0 Å². The summed E-state index contributed by atoms with van der Waals surface area (Å²) in [6.45, 7) is 0. The molecule has 50 valence electrons. The Labute approximate surface area is 55.6 Å². The van der Waals surface area contributed by atoms with Crippen molar-refractivity contribution in [2.45, 2.75) is 5.37 Å². The summed E-state index contributed by atoms with van der Waals surface area (Å²) in [5.74, 6) is -0.921. The minimum atomic E-state index is -0.981. The van der Waals surface area contributed by atoms with Gasteiger partial charge in [0.05, 0.1) is 5.75 Å². The molecule has 1 rings (SSSR count). The predicted octanol–water partition coefficient (Wildman–Crippen LogP) is -0.740. The standard InChI is InChI=1S/C4H5NO3S/c6-2-1-9-3(5-2)4(7)8/h3H,1H2,(H,5,6)(H,7,8)/t3-/m1/s1. The number of hydrogen-bond donors (Lipinski definition) is 2. The molecule has 0 saturated carbocycles. The molecule has 1 amide bonds. The lowest BCUT2D eigenvalue weighted by molar-refractivity contribution is -0.138. The first kappa shape index (κ1) is 6.41. The Kier molecular flexibility index (Phi) is 1.61. The number of aliphatic carboxylic acids is 1. The van der Waals surface area contributed by atoms with Gasteiger partial charge in [-0.3, -0.25) is 4.79 Å². The highest BCUT2D eigenvalue weighted by Crippen LogP contribution is 2.13. The topological polar surface area (TPSA) is 66.4 Å². The highest BCUT2D eigenvalue weighted by molar-refractivity contribution is 8.01.